The van der Waals surface area contributed by atoms with Crippen LogP contribution in [0.4, 0.5) is 4.79 Å². The molecule has 0 aromatic rings. The van der Waals surface area contributed by atoms with Gasteiger partial charge in [0.2, 0.25) is 0 Å². The number of carbonyl (C=O) groups is 3. The molecule has 0 unspecified atom stereocenters. The van der Waals surface area contributed by atoms with E-state index >= 15 is 0 Å². The van der Waals surface area contributed by atoms with E-state index in [2.05, 4.69) is 0 Å². The molecule has 0 fully saturated rings. The predicted octanol–water partition coefficient (Wildman–Crippen LogP) is 0.202. The van der Waals surface area contributed by atoms with Gasteiger partial charge in [0.1, 0.15) is 13.1 Å². The third-order valence-corrected chi connectivity index (χ3v) is 2.26. The molecule has 0 aliphatic rings. The number of hydrogen-bond acceptors (Lipinski definition) is 4. The molecule has 0 aromatic carbocycles. The molecule has 19 heavy (non-hydrogen) atoms. The van der Waals surface area contributed by atoms with E-state index in [9.17, 15) is 14.4 Å². The van der Waals surface area contributed by atoms with Gasteiger partial charge in [0.15, 0.2) is 0 Å². The Morgan fingerprint density at radius 2 is 1.63 bits per heavy atom. The molecule has 0 aromatic heterocycles. The molecule has 8 nitrogen and oxygen atoms in total. The number of hydrogen-bond donors (Lipinski definition) is 2. The van der Waals surface area contributed by atoms with Gasteiger partial charge in [-0.25, -0.2) is 4.79 Å². The number of carboxylic acids is 2. The third-order valence-electron chi connectivity index (χ3n) is 2.26. The minimum Gasteiger partial charge on any atom is -0.480 e. The number of rotatable bonds is 7. The molecule has 0 saturated carbocycles. The molecular formula is C11H17N3O5. The maximum atomic E-state index is 12.1. The predicted molar refractivity (Wildman–Crippen MR) is 64.3 cm³/mol. The third kappa shape index (κ3) is 6.26. The molecule has 0 spiro atoms. The van der Waals surface area contributed by atoms with E-state index in [0.29, 0.717) is 0 Å². The Balaban J connectivity index is 4.95. The normalized spacial score (nSPS) is 9.79. The van der Waals surface area contributed by atoms with Crippen molar-refractivity contribution < 1.29 is 24.6 Å². The molecule has 0 aliphatic carbocycles. The van der Waals surface area contributed by atoms with Crippen molar-refractivity contribution in [3.63, 3.8) is 0 Å². The van der Waals surface area contributed by atoms with Crippen LogP contribution in [0.15, 0.2) is 0 Å². The maximum Gasteiger partial charge on any atom is 0.323 e. The van der Waals surface area contributed by atoms with Crippen molar-refractivity contribution in [3.8, 4) is 6.07 Å². The average molecular weight is 271 g/mol. The average Bonchev–Trinajstić information content (AvgIpc) is 2.26. The Morgan fingerprint density at radius 1 is 1.16 bits per heavy atom. The Bertz CT molecular complexity index is 372. The smallest absolute Gasteiger partial charge is 0.323 e. The summed E-state index contributed by atoms with van der Waals surface area (Å²) in [7, 11) is 0. The number of amides is 2. The summed E-state index contributed by atoms with van der Waals surface area (Å²) in [6.45, 7) is 2.15. The highest BCUT2D eigenvalue weighted by molar-refractivity contribution is 5.84. The van der Waals surface area contributed by atoms with Crippen LogP contribution < -0.4 is 0 Å². The molecule has 0 heterocycles. The van der Waals surface area contributed by atoms with Crippen LogP contribution in [0, 0.1) is 11.3 Å². The molecule has 0 saturated heterocycles. The van der Waals surface area contributed by atoms with Crippen LogP contribution in [0.5, 0.6) is 0 Å². The summed E-state index contributed by atoms with van der Waals surface area (Å²) in [5.74, 6) is -2.59. The van der Waals surface area contributed by atoms with Crippen molar-refractivity contribution in [2.24, 2.45) is 0 Å². The lowest BCUT2D eigenvalue weighted by Crippen LogP contribution is -2.50. The first-order valence-electron chi connectivity index (χ1n) is 5.65. The zero-order valence-electron chi connectivity index (χ0n) is 10.9. The first kappa shape index (κ1) is 16.7. The molecule has 0 radical (unpaired) electrons. The van der Waals surface area contributed by atoms with Gasteiger partial charge < -0.3 is 20.0 Å². The van der Waals surface area contributed by atoms with E-state index < -0.39 is 31.1 Å². The molecule has 0 aliphatic heterocycles. The van der Waals surface area contributed by atoms with Gasteiger partial charge in [0.25, 0.3) is 0 Å². The highest BCUT2D eigenvalue weighted by atomic mass is 16.4. The monoisotopic (exact) mass is 271 g/mol. The lowest BCUT2D eigenvalue weighted by molar-refractivity contribution is -0.140. The molecule has 8 heteroatoms. The van der Waals surface area contributed by atoms with Crippen molar-refractivity contribution in [2.45, 2.75) is 26.3 Å². The molecule has 0 bridgehead atoms. The summed E-state index contributed by atoms with van der Waals surface area (Å²) in [5, 5.41) is 25.9. The quantitative estimate of drug-likeness (QED) is 0.682. The maximum absolute atomic E-state index is 12.1. The summed E-state index contributed by atoms with van der Waals surface area (Å²) in [6, 6.07) is 0.926. The molecule has 0 atom stereocenters. The number of aliphatic carboxylic acids is 2. The largest absolute Gasteiger partial charge is 0.480 e. The van der Waals surface area contributed by atoms with Gasteiger partial charge in [-0.1, -0.05) is 0 Å². The van der Waals surface area contributed by atoms with Crippen LogP contribution in [-0.4, -0.2) is 63.7 Å². The molecule has 106 valence electrons. The summed E-state index contributed by atoms with van der Waals surface area (Å²) < 4.78 is 0. The Kier molecular flexibility index (Phi) is 6.96. The summed E-state index contributed by atoms with van der Waals surface area (Å²) in [6.07, 6.45) is 0.0951. The second-order valence-corrected chi connectivity index (χ2v) is 4.12. The number of urea groups is 1. The first-order valence-corrected chi connectivity index (χ1v) is 5.65. The SMILES string of the molecule is CC(C)N(CCC#N)C(=O)N(CC(=O)O)CC(=O)O. The van der Waals surface area contributed by atoms with E-state index in [1.54, 1.807) is 13.8 Å². The van der Waals surface area contributed by atoms with Crippen LogP contribution in [0.2, 0.25) is 0 Å². The standard InChI is InChI=1S/C11H17N3O5/c1-8(2)14(5-3-4-12)11(19)13(6-9(15)16)7-10(17)18/h8H,3,5-7H2,1-2H3,(H,15,16)(H,17,18). The Hall–Kier alpha value is -2.30. The minimum atomic E-state index is -1.29. The van der Waals surface area contributed by atoms with E-state index in [4.69, 9.17) is 15.5 Å². The minimum absolute atomic E-state index is 0.0951. The van der Waals surface area contributed by atoms with Crippen molar-refractivity contribution in [1.29, 1.82) is 5.26 Å². The van der Waals surface area contributed by atoms with Gasteiger partial charge in [0.05, 0.1) is 12.5 Å². The lowest BCUT2D eigenvalue weighted by atomic mass is 10.3. The van der Waals surface area contributed by atoms with Crippen molar-refractivity contribution in [1.82, 2.24) is 9.80 Å². The van der Waals surface area contributed by atoms with Gasteiger partial charge in [0, 0.05) is 12.6 Å². The van der Waals surface area contributed by atoms with Gasteiger partial charge >= 0.3 is 18.0 Å². The first-order chi connectivity index (χ1) is 8.79. The van der Waals surface area contributed by atoms with Gasteiger partial charge in [-0.05, 0) is 13.8 Å². The van der Waals surface area contributed by atoms with Crippen LogP contribution in [0.3, 0.4) is 0 Å². The van der Waals surface area contributed by atoms with Gasteiger partial charge in [-0.3, -0.25) is 9.59 Å². The molecule has 2 N–H and O–H groups in total. The second-order valence-electron chi connectivity index (χ2n) is 4.12. The molecular weight excluding hydrogens is 254 g/mol. The summed E-state index contributed by atoms with van der Waals surface area (Å²) in [4.78, 5) is 35.4. The Labute approximate surface area is 110 Å². The van der Waals surface area contributed by atoms with Crippen LogP contribution in [0.1, 0.15) is 20.3 Å². The van der Waals surface area contributed by atoms with Crippen molar-refractivity contribution in [2.75, 3.05) is 19.6 Å². The van der Waals surface area contributed by atoms with Gasteiger partial charge in [-0.15, -0.1) is 0 Å². The fraction of sp³-hybridized carbons (Fsp3) is 0.636. The Morgan fingerprint density at radius 3 is 1.95 bits per heavy atom. The fourth-order valence-corrected chi connectivity index (χ4v) is 1.44. The summed E-state index contributed by atoms with van der Waals surface area (Å²) >= 11 is 0. The van der Waals surface area contributed by atoms with Crippen molar-refractivity contribution >= 4 is 18.0 Å². The highest BCUT2D eigenvalue weighted by Gasteiger charge is 2.26. The zero-order valence-corrected chi connectivity index (χ0v) is 10.9. The lowest BCUT2D eigenvalue weighted by Gasteiger charge is -2.31. The number of carboxylic acid groups (broad SMARTS) is 2. The van der Waals surface area contributed by atoms with Gasteiger partial charge in [-0.2, -0.15) is 5.26 Å². The van der Waals surface area contributed by atoms with E-state index in [1.165, 1.54) is 4.90 Å². The van der Waals surface area contributed by atoms with Crippen LogP contribution in [0.25, 0.3) is 0 Å². The topological polar surface area (TPSA) is 122 Å². The van der Waals surface area contributed by atoms with Crippen molar-refractivity contribution in [3.05, 3.63) is 0 Å². The summed E-state index contributed by atoms with van der Waals surface area (Å²) in [5.41, 5.74) is 0. The highest BCUT2D eigenvalue weighted by Crippen LogP contribution is 2.06. The second kappa shape index (κ2) is 7.92. The number of carbonyl (C=O) groups excluding carboxylic acids is 1. The van der Waals surface area contributed by atoms with E-state index in [1.807, 2.05) is 6.07 Å². The fourth-order valence-electron chi connectivity index (χ4n) is 1.44. The zero-order chi connectivity index (χ0) is 15.0. The van der Waals surface area contributed by atoms with Crippen LogP contribution in [-0.2, 0) is 9.59 Å². The molecule has 2 amide bonds. The number of nitriles is 1. The molecule has 0 rings (SSSR count). The number of nitrogens with zero attached hydrogens (tertiary/aromatic N) is 3. The van der Waals surface area contributed by atoms with E-state index in [-0.39, 0.29) is 19.0 Å². The van der Waals surface area contributed by atoms with Crippen LogP contribution >= 0.6 is 0 Å². The van der Waals surface area contributed by atoms with E-state index in [0.717, 1.165) is 4.90 Å².